The van der Waals surface area contributed by atoms with E-state index in [-0.39, 0.29) is 26.9 Å². The van der Waals surface area contributed by atoms with Crippen LogP contribution in [0.4, 0.5) is 0 Å². The Balaban J connectivity index is 1.37. The predicted molar refractivity (Wildman–Crippen MR) is 148 cm³/mol. The number of fused-ring (bicyclic) bond motifs is 2. The van der Waals surface area contributed by atoms with E-state index in [0.717, 1.165) is 19.6 Å². The topological polar surface area (TPSA) is 123 Å². The lowest BCUT2D eigenvalue weighted by atomic mass is 9.94. The van der Waals surface area contributed by atoms with Gasteiger partial charge in [-0.25, -0.2) is 9.59 Å². The number of rotatable bonds is 7. The van der Waals surface area contributed by atoms with Gasteiger partial charge >= 0.3 is 11.9 Å². The van der Waals surface area contributed by atoms with Crippen LogP contribution in [0.5, 0.6) is 17.2 Å². The molecule has 10 heteroatoms. The molecule has 3 aliphatic rings. The molecule has 0 atom stereocenters. The predicted octanol–water partition coefficient (Wildman–Crippen LogP) is 4.82. The van der Waals surface area contributed by atoms with E-state index in [0.29, 0.717) is 29.0 Å². The van der Waals surface area contributed by atoms with Gasteiger partial charge in [0.1, 0.15) is 28.8 Å². The van der Waals surface area contributed by atoms with Crippen molar-refractivity contribution < 1.29 is 37.7 Å². The van der Waals surface area contributed by atoms with Crippen molar-refractivity contribution in [3.8, 4) is 17.2 Å². The molecule has 40 heavy (non-hydrogen) atoms. The van der Waals surface area contributed by atoms with Gasteiger partial charge in [-0.05, 0) is 97.2 Å². The van der Waals surface area contributed by atoms with Gasteiger partial charge in [0.05, 0.1) is 10.5 Å². The molecule has 0 saturated carbocycles. The van der Waals surface area contributed by atoms with Crippen molar-refractivity contribution in [1.82, 2.24) is 4.90 Å². The molecule has 0 radical (unpaired) electrons. The van der Waals surface area contributed by atoms with Crippen molar-refractivity contribution in [2.75, 3.05) is 26.2 Å². The summed E-state index contributed by atoms with van der Waals surface area (Å²) >= 11 is 0. The molecule has 3 aliphatic heterocycles. The minimum absolute atomic E-state index is 0.00859. The number of piperidine rings is 1. The third-order valence-corrected chi connectivity index (χ3v) is 9.84. The third kappa shape index (κ3) is 4.59. The molecule has 9 nitrogen and oxygen atoms in total. The zero-order chi connectivity index (χ0) is 27.9. The molecule has 0 unspecified atom stereocenters. The van der Waals surface area contributed by atoms with Crippen LogP contribution in [0.2, 0.25) is 0 Å². The second kappa shape index (κ2) is 10.4. The van der Waals surface area contributed by atoms with E-state index in [1.807, 2.05) is 0 Å². The second-order valence-corrected chi connectivity index (χ2v) is 12.0. The standard InChI is InChI=1S/C30H27NO8S/c32-21-8-4-20(5-9-21)28-26(24-13-10-22(33)18-25(24)40(28)38-29(35)30(36)39-40)27(34)19-6-11-23(12-7-19)37-17-16-31-14-2-1-3-15-31/h4-13,18,32-33H,1-3,14-17H2. The minimum Gasteiger partial charge on any atom is -0.508 e. The molecular weight excluding hydrogens is 534 g/mol. The number of phenolic OH excluding ortho intramolecular Hbond substituents is 2. The fraction of sp³-hybridized carbons (Fsp3) is 0.233. The van der Waals surface area contributed by atoms with Gasteiger partial charge in [-0.1, -0.05) is 6.42 Å². The Kier molecular flexibility index (Phi) is 6.73. The summed E-state index contributed by atoms with van der Waals surface area (Å²) in [5.74, 6) is -2.27. The molecule has 2 fully saturated rings. The smallest absolute Gasteiger partial charge is 0.442 e. The summed E-state index contributed by atoms with van der Waals surface area (Å²) in [5, 5.41) is 20.1. The number of ketones is 1. The fourth-order valence-corrected chi connectivity index (χ4v) is 8.05. The summed E-state index contributed by atoms with van der Waals surface area (Å²) in [5.41, 5.74) is 1.33. The lowest BCUT2D eigenvalue weighted by Gasteiger charge is -2.34. The Morgan fingerprint density at radius 3 is 2.17 bits per heavy atom. The zero-order valence-corrected chi connectivity index (χ0v) is 22.3. The highest BCUT2D eigenvalue weighted by molar-refractivity contribution is 8.35. The highest BCUT2D eigenvalue weighted by Crippen LogP contribution is 2.76. The summed E-state index contributed by atoms with van der Waals surface area (Å²) in [6.45, 7) is 3.56. The number of likely N-dealkylation sites (tertiary alicyclic amines) is 1. The van der Waals surface area contributed by atoms with E-state index < -0.39 is 28.3 Å². The van der Waals surface area contributed by atoms with Crippen molar-refractivity contribution in [1.29, 1.82) is 0 Å². The number of carbonyl (C=O) groups excluding carboxylic acids is 3. The van der Waals surface area contributed by atoms with Crippen LogP contribution >= 0.6 is 10.6 Å². The quantitative estimate of drug-likeness (QED) is 0.309. The van der Waals surface area contributed by atoms with Crippen LogP contribution < -0.4 is 4.74 Å². The summed E-state index contributed by atoms with van der Waals surface area (Å²) in [7, 11) is -3.26. The third-order valence-electron chi connectivity index (χ3n) is 7.17. The van der Waals surface area contributed by atoms with Crippen molar-refractivity contribution in [2.45, 2.75) is 24.2 Å². The molecule has 0 aromatic heterocycles. The molecule has 6 rings (SSSR count). The van der Waals surface area contributed by atoms with Gasteiger partial charge in [0.25, 0.3) is 0 Å². The number of hydrogen-bond donors (Lipinski definition) is 2. The van der Waals surface area contributed by atoms with Crippen molar-refractivity contribution >= 4 is 38.8 Å². The molecule has 0 amide bonds. The SMILES string of the molecule is O=C1OS2(OC1=O)C(c1ccc(O)cc1)=C(C(=O)c1ccc(OCCN3CCCCC3)cc1)c1ccc(O)cc12. The maximum Gasteiger partial charge on any atom is 0.442 e. The Labute approximate surface area is 232 Å². The maximum absolute atomic E-state index is 14.1. The highest BCUT2D eigenvalue weighted by atomic mass is 32.3. The van der Waals surface area contributed by atoms with Gasteiger partial charge in [0, 0.05) is 29.3 Å². The first kappa shape index (κ1) is 26.0. The van der Waals surface area contributed by atoms with Gasteiger partial charge in [-0.2, -0.15) is 0 Å². The van der Waals surface area contributed by atoms with Gasteiger partial charge in [0.2, 0.25) is 0 Å². The molecular formula is C30H27NO8S. The lowest BCUT2D eigenvalue weighted by Crippen LogP contribution is -2.33. The first-order valence-electron chi connectivity index (χ1n) is 13.0. The first-order valence-corrected chi connectivity index (χ1v) is 14.5. The van der Waals surface area contributed by atoms with E-state index in [9.17, 15) is 24.6 Å². The second-order valence-electron chi connectivity index (χ2n) is 9.78. The van der Waals surface area contributed by atoms with E-state index in [2.05, 4.69) is 4.90 Å². The number of hydrogen-bond acceptors (Lipinski definition) is 9. The average Bonchev–Trinajstić information content (AvgIpc) is 3.41. The molecule has 1 spiro atoms. The van der Waals surface area contributed by atoms with Crippen LogP contribution in [0, 0.1) is 0 Å². The Bertz CT molecular complexity index is 1510. The number of carbonyl (C=O) groups is 3. The largest absolute Gasteiger partial charge is 0.508 e. The van der Waals surface area contributed by atoms with E-state index in [4.69, 9.17) is 13.1 Å². The Morgan fingerprint density at radius 1 is 0.850 bits per heavy atom. The molecule has 2 N–H and O–H groups in total. The summed E-state index contributed by atoms with van der Waals surface area (Å²) in [6.07, 6.45) is 3.70. The zero-order valence-electron chi connectivity index (χ0n) is 21.5. The molecule has 3 aromatic rings. The highest BCUT2D eigenvalue weighted by Gasteiger charge is 2.53. The number of phenols is 2. The van der Waals surface area contributed by atoms with Crippen LogP contribution in [0.25, 0.3) is 10.5 Å². The molecule has 0 bridgehead atoms. The molecule has 3 heterocycles. The molecule has 3 aromatic carbocycles. The monoisotopic (exact) mass is 561 g/mol. The Morgan fingerprint density at radius 2 is 1.50 bits per heavy atom. The van der Waals surface area contributed by atoms with E-state index >= 15 is 0 Å². The van der Waals surface area contributed by atoms with Gasteiger partial charge < -0.3 is 23.3 Å². The van der Waals surface area contributed by atoms with Crippen LogP contribution in [-0.2, 0) is 18.0 Å². The van der Waals surface area contributed by atoms with Crippen LogP contribution in [0.15, 0.2) is 71.6 Å². The van der Waals surface area contributed by atoms with Gasteiger partial charge in [-0.3, -0.25) is 9.69 Å². The van der Waals surface area contributed by atoms with E-state index in [1.54, 1.807) is 36.4 Å². The number of ether oxygens (including phenoxy) is 1. The van der Waals surface area contributed by atoms with Crippen molar-refractivity contribution in [3.63, 3.8) is 0 Å². The molecule has 2 saturated heterocycles. The normalized spacial score (nSPS) is 18.8. The summed E-state index contributed by atoms with van der Waals surface area (Å²) < 4.78 is 17.1. The fourth-order valence-electron chi connectivity index (χ4n) is 5.24. The number of allylic oxidation sites excluding steroid dienone is 1. The van der Waals surface area contributed by atoms with Crippen molar-refractivity contribution in [3.05, 3.63) is 83.4 Å². The van der Waals surface area contributed by atoms with Crippen molar-refractivity contribution in [2.24, 2.45) is 0 Å². The van der Waals surface area contributed by atoms with Gasteiger partial charge in [0.15, 0.2) is 5.78 Å². The molecule has 0 aliphatic carbocycles. The lowest BCUT2D eigenvalue weighted by molar-refractivity contribution is -0.150. The Hall–Kier alpha value is -4.28. The maximum atomic E-state index is 14.1. The first-order chi connectivity index (χ1) is 19.4. The summed E-state index contributed by atoms with van der Waals surface area (Å²) in [4.78, 5) is 41.6. The average molecular weight is 562 g/mol. The van der Waals surface area contributed by atoms with Crippen LogP contribution in [-0.4, -0.2) is 59.1 Å². The van der Waals surface area contributed by atoms with E-state index in [1.165, 1.54) is 49.6 Å². The van der Waals surface area contributed by atoms with Crippen LogP contribution in [0.3, 0.4) is 0 Å². The number of Topliss-reactive ketones (excluding diaryl/α,β-unsaturated/α-hetero) is 1. The number of aromatic hydroxyl groups is 2. The van der Waals surface area contributed by atoms with Crippen LogP contribution in [0.1, 0.15) is 40.7 Å². The number of benzene rings is 3. The summed E-state index contributed by atoms with van der Waals surface area (Å²) in [6, 6.07) is 17.0. The number of nitrogens with zero attached hydrogens (tertiary/aromatic N) is 1. The minimum atomic E-state index is -3.26. The molecule has 206 valence electrons. The van der Waals surface area contributed by atoms with Gasteiger partial charge in [-0.15, -0.1) is 0 Å².